The third-order valence-electron chi connectivity index (χ3n) is 2.80. The number of hydrogen-bond acceptors (Lipinski definition) is 5. The summed E-state index contributed by atoms with van der Waals surface area (Å²) >= 11 is 0. The van der Waals surface area contributed by atoms with Crippen molar-refractivity contribution in [3.8, 4) is 0 Å². The topological polar surface area (TPSA) is 74.2 Å². The van der Waals surface area contributed by atoms with Crippen molar-refractivity contribution in [2.24, 2.45) is 17.6 Å². The van der Waals surface area contributed by atoms with Crippen LogP contribution in [0.2, 0.25) is 0 Å². The lowest BCUT2D eigenvalue weighted by molar-refractivity contribution is 0.109. The summed E-state index contributed by atoms with van der Waals surface area (Å²) in [5.74, 6) is 2.29. The van der Waals surface area contributed by atoms with E-state index in [1.807, 2.05) is 6.92 Å². The molecular weight excluding hydrogens is 218 g/mol. The molecule has 2 N–H and O–H groups in total. The molecule has 0 aliphatic carbocycles. The van der Waals surface area contributed by atoms with Gasteiger partial charge in [-0.05, 0) is 31.7 Å². The minimum atomic E-state index is -0.131. The van der Waals surface area contributed by atoms with Crippen LogP contribution in [0.4, 0.5) is 0 Å². The van der Waals surface area contributed by atoms with E-state index in [1.165, 1.54) is 0 Å². The van der Waals surface area contributed by atoms with Crippen molar-refractivity contribution < 1.29 is 9.26 Å². The van der Waals surface area contributed by atoms with Crippen LogP contribution in [-0.4, -0.2) is 23.8 Å². The Morgan fingerprint density at radius 2 is 2.06 bits per heavy atom. The first-order valence-corrected chi connectivity index (χ1v) is 6.12. The number of methoxy groups -OCH3 is 1. The van der Waals surface area contributed by atoms with Gasteiger partial charge in [0, 0.05) is 13.5 Å². The van der Waals surface area contributed by atoms with Crippen LogP contribution in [0.1, 0.15) is 45.0 Å². The van der Waals surface area contributed by atoms with Gasteiger partial charge in [-0.2, -0.15) is 4.98 Å². The van der Waals surface area contributed by atoms with Crippen LogP contribution >= 0.6 is 0 Å². The molecule has 0 spiro atoms. The van der Waals surface area contributed by atoms with Gasteiger partial charge < -0.3 is 15.0 Å². The first kappa shape index (κ1) is 14.1. The second-order valence-electron chi connectivity index (χ2n) is 4.86. The van der Waals surface area contributed by atoms with Gasteiger partial charge in [0.25, 0.3) is 0 Å². The number of ether oxygens (including phenoxy) is 1. The fourth-order valence-corrected chi connectivity index (χ4v) is 1.80. The highest BCUT2D eigenvalue weighted by Crippen LogP contribution is 2.17. The number of hydrogen-bond donors (Lipinski definition) is 1. The lowest BCUT2D eigenvalue weighted by atomic mass is 9.94. The van der Waals surface area contributed by atoms with E-state index >= 15 is 0 Å². The molecule has 0 aromatic carbocycles. The van der Waals surface area contributed by atoms with E-state index in [9.17, 15) is 0 Å². The summed E-state index contributed by atoms with van der Waals surface area (Å²) in [6.07, 6.45) is 1.69. The molecule has 0 saturated carbocycles. The van der Waals surface area contributed by atoms with Gasteiger partial charge in [0.15, 0.2) is 5.82 Å². The van der Waals surface area contributed by atoms with Crippen LogP contribution in [0.15, 0.2) is 4.52 Å². The molecule has 2 atom stereocenters. The van der Waals surface area contributed by atoms with Gasteiger partial charge in [-0.15, -0.1) is 0 Å². The zero-order chi connectivity index (χ0) is 12.8. The molecule has 98 valence electrons. The number of nitrogens with two attached hydrogens (primary N) is 1. The van der Waals surface area contributed by atoms with Gasteiger partial charge in [-0.25, -0.2) is 0 Å². The smallest absolute Gasteiger partial charge is 0.227 e. The molecule has 1 heterocycles. The maximum Gasteiger partial charge on any atom is 0.227 e. The third-order valence-corrected chi connectivity index (χ3v) is 2.80. The highest BCUT2D eigenvalue weighted by molar-refractivity contribution is 4.91. The van der Waals surface area contributed by atoms with E-state index in [1.54, 1.807) is 7.11 Å². The Morgan fingerprint density at radius 3 is 2.59 bits per heavy atom. The SMILES string of the molecule is COC(C)c1noc(C[C@@H](CN)CC(C)C)n1. The standard InChI is InChI=1S/C12H23N3O2/c1-8(2)5-10(7-13)6-11-14-12(15-17-11)9(3)16-4/h8-10H,5-7,13H2,1-4H3/t9?,10-/m0/s1. The molecule has 1 unspecified atom stereocenters. The molecule has 0 saturated heterocycles. The van der Waals surface area contributed by atoms with E-state index in [0.29, 0.717) is 30.1 Å². The second kappa shape index (κ2) is 6.71. The molecule has 0 aliphatic rings. The van der Waals surface area contributed by atoms with E-state index < -0.39 is 0 Å². The molecule has 0 bridgehead atoms. The highest BCUT2D eigenvalue weighted by atomic mass is 16.5. The van der Waals surface area contributed by atoms with Crippen molar-refractivity contribution in [3.63, 3.8) is 0 Å². The normalized spacial score (nSPS) is 15.2. The third kappa shape index (κ3) is 4.44. The van der Waals surface area contributed by atoms with E-state index in [0.717, 1.165) is 12.8 Å². The molecular formula is C12H23N3O2. The van der Waals surface area contributed by atoms with Crippen LogP contribution < -0.4 is 5.73 Å². The molecule has 0 fully saturated rings. The fraction of sp³-hybridized carbons (Fsp3) is 0.833. The Bertz CT molecular complexity index is 325. The predicted octanol–water partition coefficient (Wildman–Crippen LogP) is 1.94. The monoisotopic (exact) mass is 241 g/mol. The van der Waals surface area contributed by atoms with Crippen molar-refractivity contribution in [2.45, 2.75) is 39.7 Å². The van der Waals surface area contributed by atoms with Gasteiger partial charge in [0.2, 0.25) is 5.89 Å². The van der Waals surface area contributed by atoms with Gasteiger partial charge >= 0.3 is 0 Å². The summed E-state index contributed by atoms with van der Waals surface area (Å²) in [5.41, 5.74) is 5.75. The molecule has 1 rings (SSSR count). The first-order valence-electron chi connectivity index (χ1n) is 6.12. The van der Waals surface area contributed by atoms with E-state index in [2.05, 4.69) is 24.0 Å². The van der Waals surface area contributed by atoms with Crippen LogP contribution in [0, 0.1) is 11.8 Å². The number of aromatic nitrogens is 2. The van der Waals surface area contributed by atoms with Crippen molar-refractivity contribution in [1.82, 2.24) is 10.1 Å². The van der Waals surface area contributed by atoms with E-state index in [4.69, 9.17) is 15.0 Å². The number of rotatable bonds is 7. The minimum absolute atomic E-state index is 0.131. The molecule has 0 aliphatic heterocycles. The number of nitrogens with zero attached hydrogens (tertiary/aromatic N) is 2. The van der Waals surface area contributed by atoms with Crippen molar-refractivity contribution in [3.05, 3.63) is 11.7 Å². The zero-order valence-corrected chi connectivity index (χ0v) is 11.1. The van der Waals surface area contributed by atoms with Crippen molar-refractivity contribution in [2.75, 3.05) is 13.7 Å². The molecule has 0 amide bonds. The van der Waals surface area contributed by atoms with Crippen LogP contribution in [-0.2, 0) is 11.2 Å². The lowest BCUT2D eigenvalue weighted by Crippen LogP contribution is -2.19. The summed E-state index contributed by atoms with van der Waals surface area (Å²) in [4.78, 5) is 4.32. The quantitative estimate of drug-likeness (QED) is 0.789. The summed E-state index contributed by atoms with van der Waals surface area (Å²) in [5, 5.41) is 3.90. The molecule has 5 heteroatoms. The second-order valence-corrected chi connectivity index (χ2v) is 4.86. The summed E-state index contributed by atoms with van der Waals surface area (Å²) in [6.45, 7) is 6.92. The maximum absolute atomic E-state index is 5.75. The van der Waals surface area contributed by atoms with E-state index in [-0.39, 0.29) is 6.10 Å². The Kier molecular flexibility index (Phi) is 5.58. The van der Waals surface area contributed by atoms with Crippen molar-refractivity contribution in [1.29, 1.82) is 0 Å². The van der Waals surface area contributed by atoms with Gasteiger partial charge in [0.05, 0.1) is 0 Å². The largest absolute Gasteiger partial charge is 0.374 e. The predicted molar refractivity (Wildman–Crippen MR) is 65.4 cm³/mol. The average molecular weight is 241 g/mol. The highest BCUT2D eigenvalue weighted by Gasteiger charge is 2.17. The average Bonchev–Trinajstić information content (AvgIpc) is 2.75. The molecule has 5 nitrogen and oxygen atoms in total. The van der Waals surface area contributed by atoms with Crippen LogP contribution in [0.3, 0.4) is 0 Å². The molecule has 1 aromatic rings. The van der Waals surface area contributed by atoms with Crippen LogP contribution in [0.5, 0.6) is 0 Å². The summed E-state index contributed by atoms with van der Waals surface area (Å²) < 4.78 is 10.3. The molecule has 1 aromatic heterocycles. The maximum atomic E-state index is 5.75. The Morgan fingerprint density at radius 1 is 1.35 bits per heavy atom. The Labute approximate surface area is 103 Å². The Hall–Kier alpha value is -0.940. The first-order chi connectivity index (χ1) is 8.06. The summed E-state index contributed by atoms with van der Waals surface area (Å²) in [6, 6.07) is 0. The van der Waals surface area contributed by atoms with Crippen molar-refractivity contribution >= 4 is 0 Å². The summed E-state index contributed by atoms with van der Waals surface area (Å²) in [7, 11) is 1.63. The van der Waals surface area contributed by atoms with Gasteiger partial charge in [0.1, 0.15) is 6.10 Å². The molecule has 0 radical (unpaired) electrons. The van der Waals surface area contributed by atoms with Crippen LogP contribution in [0.25, 0.3) is 0 Å². The minimum Gasteiger partial charge on any atom is -0.374 e. The Balaban J connectivity index is 2.58. The van der Waals surface area contributed by atoms with Gasteiger partial charge in [-0.1, -0.05) is 19.0 Å². The van der Waals surface area contributed by atoms with Gasteiger partial charge in [-0.3, -0.25) is 0 Å². The molecule has 17 heavy (non-hydrogen) atoms. The fourth-order valence-electron chi connectivity index (χ4n) is 1.80. The zero-order valence-electron chi connectivity index (χ0n) is 11.1. The lowest BCUT2D eigenvalue weighted by Gasteiger charge is -2.14.